The van der Waals surface area contributed by atoms with Gasteiger partial charge in [-0.05, 0) is 12.8 Å². The third-order valence-corrected chi connectivity index (χ3v) is 3.02. The minimum atomic E-state index is -0.328. The first-order chi connectivity index (χ1) is 6.65. The molecule has 3 atom stereocenters. The summed E-state index contributed by atoms with van der Waals surface area (Å²) in [4.78, 5) is 11.0. The first-order valence-electron chi connectivity index (χ1n) is 5.11. The molecule has 3 heteroatoms. The van der Waals surface area contributed by atoms with Gasteiger partial charge in [0.1, 0.15) is 5.60 Å². The zero-order valence-corrected chi connectivity index (χ0v) is 8.49. The van der Waals surface area contributed by atoms with E-state index < -0.39 is 0 Å². The highest BCUT2D eigenvalue weighted by molar-refractivity contribution is 5.66. The number of epoxide rings is 1. The molecule has 0 aromatic rings. The van der Waals surface area contributed by atoms with Gasteiger partial charge in [-0.15, -0.1) is 6.58 Å². The van der Waals surface area contributed by atoms with Crippen molar-refractivity contribution in [2.45, 2.75) is 50.4 Å². The van der Waals surface area contributed by atoms with E-state index in [4.69, 9.17) is 9.47 Å². The first kappa shape index (κ1) is 9.71. The Bertz CT molecular complexity index is 261. The molecule has 1 heterocycles. The third-order valence-electron chi connectivity index (χ3n) is 3.02. The molecular weight excluding hydrogens is 180 g/mol. The van der Waals surface area contributed by atoms with Crippen molar-refractivity contribution in [3.8, 4) is 0 Å². The molecule has 0 amide bonds. The molecule has 14 heavy (non-hydrogen) atoms. The van der Waals surface area contributed by atoms with Crippen LogP contribution in [0.2, 0.25) is 0 Å². The van der Waals surface area contributed by atoms with Crippen molar-refractivity contribution in [2.24, 2.45) is 0 Å². The van der Waals surface area contributed by atoms with E-state index in [0.29, 0.717) is 12.2 Å². The van der Waals surface area contributed by atoms with Crippen LogP contribution in [0, 0.1) is 0 Å². The molecule has 1 saturated heterocycles. The summed E-state index contributed by atoms with van der Waals surface area (Å²) in [6.07, 6.45) is 6.06. The standard InChI is InChI=1S/C11H16O3/c1-3-5-11(14-8(2)12)6-4-9-10(7-11)13-9/h3,9-10H,1,4-7H2,2H3. The van der Waals surface area contributed by atoms with Crippen molar-refractivity contribution in [1.82, 2.24) is 0 Å². The van der Waals surface area contributed by atoms with Gasteiger partial charge in [-0.1, -0.05) is 6.08 Å². The average molecular weight is 196 g/mol. The Hall–Kier alpha value is -0.830. The van der Waals surface area contributed by atoms with Gasteiger partial charge >= 0.3 is 5.97 Å². The van der Waals surface area contributed by atoms with Crippen molar-refractivity contribution in [1.29, 1.82) is 0 Å². The number of carbonyl (C=O) groups excluding carboxylic acids is 1. The van der Waals surface area contributed by atoms with E-state index in [1.807, 2.05) is 6.08 Å². The van der Waals surface area contributed by atoms with Crippen LogP contribution in [0.15, 0.2) is 12.7 Å². The molecule has 2 rings (SSSR count). The van der Waals surface area contributed by atoms with Gasteiger partial charge in [0.15, 0.2) is 0 Å². The fourth-order valence-corrected chi connectivity index (χ4v) is 2.37. The quantitative estimate of drug-likeness (QED) is 0.392. The lowest BCUT2D eigenvalue weighted by Crippen LogP contribution is -2.38. The molecule has 0 N–H and O–H groups in total. The SMILES string of the molecule is C=CCC1(OC(C)=O)CCC2OC2C1. The Labute approximate surface area is 84.1 Å². The molecule has 0 radical (unpaired) electrons. The van der Waals surface area contributed by atoms with E-state index in [-0.39, 0.29) is 11.6 Å². The summed E-state index contributed by atoms with van der Waals surface area (Å²) < 4.78 is 10.9. The normalized spacial score (nSPS) is 39.8. The Morgan fingerprint density at radius 2 is 2.50 bits per heavy atom. The van der Waals surface area contributed by atoms with Crippen molar-refractivity contribution < 1.29 is 14.3 Å². The zero-order valence-electron chi connectivity index (χ0n) is 8.49. The summed E-state index contributed by atoms with van der Waals surface area (Å²) in [6, 6.07) is 0. The fourth-order valence-electron chi connectivity index (χ4n) is 2.37. The van der Waals surface area contributed by atoms with Crippen molar-refractivity contribution in [3.05, 3.63) is 12.7 Å². The van der Waals surface area contributed by atoms with Crippen LogP contribution in [0.3, 0.4) is 0 Å². The number of esters is 1. The van der Waals surface area contributed by atoms with E-state index in [1.54, 1.807) is 0 Å². The maximum absolute atomic E-state index is 11.0. The Morgan fingerprint density at radius 1 is 1.71 bits per heavy atom. The summed E-state index contributed by atoms with van der Waals surface area (Å²) in [7, 11) is 0. The van der Waals surface area contributed by atoms with Crippen LogP contribution < -0.4 is 0 Å². The average Bonchev–Trinajstić information content (AvgIpc) is 2.81. The van der Waals surface area contributed by atoms with Crippen LogP contribution in [0.5, 0.6) is 0 Å². The zero-order chi connectivity index (χ0) is 10.2. The topological polar surface area (TPSA) is 38.8 Å². The molecule has 0 bridgehead atoms. The van der Waals surface area contributed by atoms with Crippen LogP contribution in [0.25, 0.3) is 0 Å². The van der Waals surface area contributed by atoms with Gasteiger partial charge in [-0.2, -0.15) is 0 Å². The molecule has 2 fully saturated rings. The highest BCUT2D eigenvalue weighted by Crippen LogP contribution is 2.45. The number of hydrogen-bond donors (Lipinski definition) is 0. The monoisotopic (exact) mass is 196 g/mol. The van der Waals surface area contributed by atoms with Gasteiger partial charge in [-0.25, -0.2) is 0 Å². The van der Waals surface area contributed by atoms with E-state index in [2.05, 4.69) is 6.58 Å². The number of fused-ring (bicyclic) bond motifs is 1. The van der Waals surface area contributed by atoms with Gasteiger partial charge in [0.2, 0.25) is 0 Å². The lowest BCUT2D eigenvalue weighted by atomic mass is 9.82. The van der Waals surface area contributed by atoms with Crippen molar-refractivity contribution >= 4 is 5.97 Å². The van der Waals surface area contributed by atoms with E-state index >= 15 is 0 Å². The second-order valence-electron chi connectivity index (χ2n) is 4.23. The highest BCUT2D eigenvalue weighted by Gasteiger charge is 2.51. The summed E-state index contributed by atoms with van der Waals surface area (Å²) in [5.41, 5.74) is -0.328. The van der Waals surface area contributed by atoms with Crippen LogP contribution in [-0.4, -0.2) is 23.8 Å². The third kappa shape index (κ3) is 1.82. The van der Waals surface area contributed by atoms with Gasteiger partial charge in [0, 0.05) is 19.8 Å². The maximum atomic E-state index is 11.0. The highest BCUT2D eigenvalue weighted by atomic mass is 16.6. The van der Waals surface area contributed by atoms with Crippen molar-refractivity contribution in [2.75, 3.05) is 0 Å². The molecule has 1 saturated carbocycles. The Kier molecular flexibility index (Phi) is 2.35. The summed E-state index contributed by atoms with van der Waals surface area (Å²) in [5, 5.41) is 0. The maximum Gasteiger partial charge on any atom is 0.303 e. The molecule has 0 aromatic heterocycles. The molecule has 78 valence electrons. The fraction of sp³-hybridized carbons (Fsp3) is 0.727. The molecule has 1 aliphatic heterocycles. The van der Waals surface area contributed by atoms with Gasteiger partial charge in [0.05, 0.1) is 12.2 Å². The van der Waals surface area contributed by atoms with E-state index in [0.717, 1.165) is 25.7 Å². The second-order valence-corrected chi connectivity index (χ2v) is 4.23. The smallest absolute Gasteiger partial charge is 0.303 e. The van der Waals surface area contributed by atoms with E-state index in [1.165, 1.54) is 6.92 Å². The molecule has 0 aromatic carbocycles. The molecule has 1 aliphatic carbocycles. The number of hydrogen-bond acceptors (Lipinski definition) is 3. The number of ether oxygens (including phenoxy) is 2. The predicted molar refractivity (Wildman–Crippen MR) is 51.8 cm³/mol. The number of rotatable bonds is 3. The van der Waals surface area contributed by atoms with Crippen LogP contribution in [0.1, 0.15) is 32.6 Å². The summed E-state index contributed by atoms with van der Waals surface area (Å²) in [6.45, 7) is 5.18. The Morgan fingerprint density at radius 3 is 3.07 bits per heavy atom. The summed E-state index contributed by atoms with van der Waals surface area (Å²) in [5.74, 6) is -0.203. The lowest BCUT2D eigenvalue weighted by Gasteiger charge is -2.34. The van der Waals surface area contributed by atoms with E-state index in [9.17, 15) is 4.79 Å². The minimum absolute atomic E-state index is 0.203. The first-order valence-corrected chi connectivity index (χ1v) is 5.11. The van der Waals surface area contributed by atoms with Crippen LogP contribution in [-0.2, 0) is 14.3 Å². The largest absolute Gasteiger partial charge is 0.459 e. The molecule has 3 unspecified atom stereocenters. The minimum Gasteiger partial charge on any atom is -0.459 e. The molecule has 2 aliphatic rings. The van der Waals surface area contributed by atoms with Gasteiger partial charge in [-0.3, -0.25) is 4.79 Å². The predicted octanol–water partition coefficient (Wildman–Crippen LogP) is 1.82. The van der Waals surface area contributed by atoms with Gasteiger partial charge < -0.3 is 9.47 Å². The summed E-state index contributed by atoms with van der Waals surface area (Å²) >= 11 is 0. The molecular formula is C11H16O3. The van der Waals surface area contributed by atoms with Crippen molar-refractivity contribution in [3.63, 3.8) is 0 Å². The van der Waals surface area contributed by atoms with Crippen LogP contribution in [0.4, 0.5) is 0 Å². The Balaban J connectivity index is 2.04. The molecule has 0 spiro atoms. The molecule has 3 nitrogen and oxygen atoms in total. The number of carbonyl (C=O) groups is 1. The second kappa shape index (κ2) is 3.39. The lowest BCUT2D eigenvalue weighted by molar-refractivity contribution is -0.159. The van der Waals surface area contributed by atoms with Crippen LogP contribution >= 0.6 is 0 Å². The van der Waals surface area contributed by atoms with Gasteiger partial charge in [0.25, 0.3) is 0 Å².